The summed E-state index contributed by atoms with van der Waals surface area (Å²) >= 11 is 0. The Morgan fingerprint density at radius 3 is 1.90 bits per heavy atom. The van der Waals surface area contributed by atoms with Crippen LogP contribution in [0.15, 0.2) is 48.5 Å². The molecule has 0 radical (unpaired) electrons. The van der Waals surface area contributed by atoms with E-state index in [9.17, 15) is 0 Å². The van der Waals surface area contributed by atoms with E-state index in [0.29, 0.717) is 12.0 Å². The molecule has 1 fully saturated rings. The molecule has 1 heterocycles. The Bertz CT molecular complexity index is 536. The summed E-state index contributed by atoms with van der Waals surface area (Å²) < 4.78 is 0. The molecule has 0 amide bonds. The van der Waals surface area contributed by atoms with Crippen molar-refractivity contribution < 1.29 is 0 Å². The van der Waals surface area contributed by atoms with Crippen molar-refractivity contribution in [2.75, 3.05) is 6.54 Å². The molecule has 20 heavy (non-hydrogen) atoms. The Balaban J connectivity index is 2.09. The zero-order valence-electron chi connectivity index (χ0n) is 12.4. The predicted octanol–water partition coefficient (Wildman–Crippen LogP) is 4.19. The molecule has 1 saturated heterocycles. The Morgan fingerprint density at radius 1 is 0.900 bits per heavy atom. The van der Waals surface area contributed by atoms with Crippen LogP contribution in [-0.2, 0) is 0 Å². The third-order valence-electron chi connectivity index (χ3n) is 4.55. The lowest BCUT2D eigenvalue weighted by Gasteiger charge is -2.27. The molecule has 0 saturated carbocycles. The summed E-state index contributed by atoms with van der Waals surface area (Å²) in [7, 11) is 0. The van der Waals surface area contributed by atoms with Crippen molar-refractivity contribution >= 4 is 0 Å². The largest absolute Gasteiger partial charge is 0.313 e. The maximum atomic E-state index is 3.71. The lowest BCUT2D eigenvalue weighted by atomic mass is 9.80. The van der Waals surface area contributed by atoms with E-state index in [1.54, 1.807) is 0 Å². The third-order valence-corrected chi connectivity index (χ3v) is 4.55. The lowest BCUT2D eigenvalue weighted by Crippen LogP contribution is -2.30. The second-order valence-electron chi connectivity index (χ2n) is 5.89. The topological polar surface area (TPSA) is 12.0 Å². The van der Waals surface area contributed by atoms with Crippen LogP contribution in [0.3, 0.4) is 0 Å². The summed E-state index contributed by atoms with van der Waals surface area (Å²) in [5, 5.41) is 3.71. The molecule has 104 valence electrons. The quantitative estimate of drug-likeness (QED) is 0.877. The molecule has 2 aromatic carbocycles. The molecule has 0 aliphatic carbocycles. The molecule has 2 aromatic rings. The van der Waals surface area contributed by atoms with Gasteiger partial charge in [-0.05, 0) is 55.5 Å². The van der Waals surface area contributed by atoms with Crippen LogP contribution < -0.4 is 5.32 Å². The first-order chi connectivity index (χ1) is 9.77. The van der Waals surface area contributed by atoms with Gasteiger partial charge in [0.15, 0.2) is 0 Å². The van der Waals surface area contributed by atoms with Crippen LogP contribution in [0.1, 0.15) is 41.0 Å². The van der Waals surface area contributed by atoms with Crippen molar-refractivity contribution in [2.45, 2.75) is 38.6 Å². The third kappa shape index (κ3) is 2.51. The number of nitrogens with one attached hydrogen (secondary N) is 1. The van der Waals surface area contributed by atoms with Gasteiger partial charge in [0.05, 0.1) is 0 Å². The van der Waals surface area contributed by atoms with Crippen LogP contribution in [0, 0.1) is 13.8 Å². The monoisotopic (exact) mass is 265 g/mol. The number of rotatable bonds is 3. The minimum absolute atomic E-state index is 0.472. The SMILES string of the molecule is Cc1ccccc1C(c1ccccc1C)C1CCCN1. The zero-order chi connectivity index (χ0) is 13.9. The Morgan fingerprint density at radius 2 is 1.45 bits per heavy atom. The standard InChI is InChI=1S/C19H23N/c1-14-8-3-5-10-16(14)19(18-12-7-13-20-18)17-11-6-4-9-15(17)2/h3-6,8-11,18-20H,7,12-13H2,1-2H3. The molecule has 1 heteroatoms. The van der Waals surface area contributed by atoms with Gasteiger partial charge in [0.2, 0.25) is 0 Å². The number of aryl methyl sites for hydroxylation is 2. The van der Waals surface area contributed by atoms with Gasteiger partial charge in [-0.15, -0.1) is 0 Å². The van der Waals surface area contributed by atoms with Gasteiger partial charge in [0.25, 0.3) is 0 Å². The van der Waals surface area contributed by atoms with E-state index in [2.05, 4.69) is 67.7 Å². The molecular weight excluding hydrogens is 242 g/mol. The molecule has 1 atom stereocenters. The van der Waals surface area contributed by atoms with E-state index >= 15 is 0 Å². The fraction of sp³-hybridized carbons (Fsp3) is 0.368. The first-order valence-electron chi connectivity index (χ1n) is 7.62. The fourth-order valence-corrected chi connectivity index (χ4v) is 3.47. The van der Waals surface area contributed by atoms with E-state index in [0.717, 1.165) is 6.54 Å². The predicted molar refractivity (Wildman–Crippen MR) is 85.2 cm³/mol. The summed E-state index contributed by atoms with van der Waals surface area (Å²) in [6.45, 7) is 5.62. The zero-order valence-corrected chi connectivity index (χ0v) is 12.4. The Labute approximate surface area is 122 Å². The van der Waals surface area contributed by atoms with E-state index in [4.69, 9.17) is 0 Å². The van der Waals surface area contributed by atoms with Gasteiger partial charge in [-0.1, -0.05) is 48.5 Å². The van der Waals surface area contributed by atoms with Gasteiger partial charge in [-0.2, -0.15) is 0 Å². The highest BCUT2D eigenvalue weighted by Gasteiger charge is 2.29. The molecular formula is C19H23N. The lowest BCUT2D eigenvalue weighted by molar-refractivity contribution is 0.537. The van der Waals surface area contributed by atoms with E-state index in [1.807, 2.05) is 0 Å². The second kappa shape index (κ2) is 5.80. The Hall–Kier alpha value is -1.60. The van der Waals surface area contributed by atoms with Crippen molar-refractivity contribution in [2.24, 2.45) is 0 Å². The van der Waals surface area contributed by atoms with Crippen LogP contribution in [0.25, 0.3) is 0 Å². The summed E-state index contributed by atoms with van der Waals surface area (Å²) in [5.41, 5.74) is 5.74. The highest BCUT2D eigenvalue weighted by atomic mass is 14.9. The summed E-state index contributed by atoms with van der Waals surface area (Å²) in [6.07, 6.45) is 2.56. The molecule has 1 unspecified atom stereocenters. The van der Waals surface area contributed by atoms with Crippen molar-refractivity contribution in [3.63, 3.8) is 0 Å². The molecule has 1 nitrogen and oxygen atoms in total. The van der Waals surface area contributed by atoms with E-state index < -0.39 is 0 Å². The first-order valence-corrected chi connectivity index (χ1v) is 7.62. The average Bonchev–Trinajstić information content (AvgIpc) is 2.97. The number of hydrogen-bond donors (Lipinski definition) is 1. The van der Waals surface area contributed by atoms with Gasteiger partial charge in [0, 0.05) is 12.0 Å². The highest BCUT2D eigenvalue weighted by molar-refractivity contribution is 5.42. The van der Waals surface area contributed by atoms with E-state index in [-0.39, 0.29) is 0 Å². The van der Waals surface area contributed by atoms with Gasteiger partial charge in [0.1, 0.15) is 0 Å². The van der Waals surface area contributed by atoms with Gasteiger partial charge < -0.3 is 5.32 Å². The maximum absolute atomic E-state index is 3.71. The number of hydrogen-bond acceptors (Lipinski definition) is 1. The second-order valence-corrected chi connectivity index (χ2v) is 5.89. The minimum atomic E-state index is 0.472. The molecule has 0 bridgehead atoms. The summed E-state index contributed by atoms with van der Waals surface area (Å²) in [4.78, 5) is 0. The average molecular weight is 265 g/mol. The summed E-state index contributed by atoms with van der Waals surface area (Å²) in [5.74, 6) is 0.472. The van der Waals surface area contributed by atoms with Crippen molar-refractivity contribution in [3.05, 3.63) is 70.8 Å². The summed E-state index contributed by atoms with van der Waals surface area (Å²) in [6, 6.07) is 18.2. The van der Waals surface area contributed by atoms with Crippen molar-refractivity contribution in [1.29, 1.82) is 0 Å². The van der Waals surface area contributed by atoms with Gasteiger partial charge in [-0.3, -0.25) is 0 Å². The van der Waals surface area contributed by atoms with Crippen LogP contribution >= 0.6 is 0 Å². The first kappa shape index (κ1) is 13.4. The normalized spacial score (nSPS) is 18.6. The van der Waals surface area contributed by atoms with E-state index in [1.165, 1.54) is 35.1 Å². The van der Waals surface area contributed by atoms with Crippen molar-refractivity contribution in [3.8, 4) is 0 Å². The fourth-order valence-electron chi connectivity index (χ4n) is 3.47. The molecule has 1 aliphatic rings. The molecule has 1 aliphatic heterocycles. The van der Waals surface area contributed by atoms with Crippen LogP contribution in [0.4, 0.5) is 0 Å². The Kier molecular flexibility index (Phi) is 3.88. The van der Waals surface area contributed by atoms with Crippen LogP contribution in [0.5, 0.6) is 0 Å². The van der Waals surface area contributed by atoms with Crippen LogP contribution in [0.2, 0.25) is 0 Å². The smallest absolute Gasteiger partial charge is 0.0248 e. The number of benzene rings is 2. The molecule has 0 aromatic heterocycles. The molecule has 1 N–H and O–H groups in total. The highest BCUT2D eigenvalue weighted by Crippen LogP contribution is 2.35. The van der Waals surface area contributed by atoms with Gasteiger partial charge in [-0.25, -0.2) is 0 Å². The van der Waals surface area contributed by atoms with Crippen LogP contribution in [-0.4, -0.2) is 12.6 Å². The molecule has 0 spiro atoms. The maximum Gasteiger partial charge on any atom is 0.0248 e. The van der Waals surface area contributed by atoms with Crippen molar-refractivity contribution in [1.82, 2.24) is 5.32 Å². The molecule has 3 rings (SSSR count). The van der Waals surface area contributed by atoms with Gasteiger partial charge >= 0.3 is 0 Å². The minimum Gasteiger partial charge on any atom is -0.313 e.